The number of anilines is 1. The number of nitrogens with one attached hydrogen (secondary N) is 1. The molecule has 1 aliphatic heterocycles. The molecule has 0 aromatic heterocycles. The number of amidine groups is 1. The van der Waals surface area contributed by atoms with Crippen molar-refractivity contribution in [3.8, 4) is 0 Å². The molecule has 2 fully saturated rings. The van der Waals surface area contributed by atoms with Crippen molar-refractivity contribution in [1.29, 1.82) is 0 Å². The second-order valence-electron chi connectivity index (χ2n) is 7.78. The summed E-state index contributed by atoms with van der Waals surface area (Å²) in [5, 5.41) is 3.19. The first-order chi connectivity index (χ1) is 13.9. The van der Waals surface area contributed by atoms with Crippen molar-refractivity contribution >= 4 is 40.1 Å². The molecule has 0 radical (unpaired) electrons. The van der Waals surface area contributed by atoms with Gasteiger partial charge in [-0.25, -0.2) is 4.99 Å². The summed E-state index contributed by atoms with van der Waals surface area (Å²) in [5.74, 6) is -0.149. The average molecular weight is 408 g/mol. The van der Waals surface area contributed by atoms with Crippen LogP contribution in [-0.4, -0.2) is 33.2 Å². The summed E-state index contributed by atoms with van der Waals surface area (Å²) in [5.41, 5.74) is 5.06. The minimum atomic E-state index is -0.426. The van der Waals surface area contributed by atoms with Crippen LogP contribution in [0.5, 0.6) is 0 Å². The fourth-order valence-corrected chi connectivity index (χ4v) is 4.55. The van der Waals surface area contributed by atoms with Crippen molar-refractivity contribution in [1.82, 2.24) is 4.90 Å². The smallest absolute Gasteiger partial charge is 0.242 e. The van der Waals surface area contributed by atoms with Crippen LogP contribution in [0.25, 0.3) is 0 Å². The molecule has 29 heavy (non-hydrogen) atoms. The first kappa shape index (κ1) is 19.7. The van der Waals surface area contributed by atoms with Crippen LogP contribution in [0.15, 0.2) is 47.5 Å². The molecule has 2 aromatic carbocycles. The fourth-order valence-electron chi connectivity index (χ4n) is 3.34. The summed E-state index contributed by atoms with van der Waals surface area (Å²) in [6.45, 7) is 6.11. The minimum Gasteiger partial charge on any atom is -0.326 e. The second kappa shape index (κ2) is 8.03. The maximum Gasteiger partial charge on any atom is 0.242 e. The Hall–Kier alpha value is -2.60. The van der Waals surface area contributed by atoms with Gasteiger partial charge in [0.25, 0.3) is 0 Å². The molecule has 1 N–H and O–H groups in total. The number of amides is 2. The van der Waals surface area contributed by atoms with E-state index in [2.05, 4.69) is 18.3 Å². The topological polar surface area (TPSA) is 61.8 Å². The van der Waals surface area contributed by atoms with E-state index in [0.717, 1.165) is 40.5 Å². The van der Waals surface area contributed by atoms with Crippen molar-refractivity contribution in [2.75, 3.05) is 5.32 Å². The van der Waals surface area contributed by atoms with E-state index in [-0.39, 0.29) is 24.3 Å². The number of carbonyl (C=O) groups is 2. The van der Waals surface area contributed by atoms with Gasteiger partial charge in [0.15, 0.2) is 5.17 Å². The lowest BCUT2D eigenvalue weighted by Gasteiger charge is -2.15. The summed E-state index contributed by atoms with van der Waals surface area (Å²) >= 11 is 1.41. The van der Waals surface area contributed by atoms with Gasteiger partial charge in [-0.15, -0.1) is 0 Å². The SMILES string of the molecule is Cc1ccc(NC(=O)C[C@H]2SC(=Nc3cccc(C)c3C)N(C3CC3)C2=O)cc1. The van der Waals surface area contributed by atoms with E-state index in [1.807, 2.05) is 55.1 Å². The van der Waals surface area contributed by atoms with Crippen LogP contribution in [0, 0.1) is 20.8 Å². The van der Waals surface area contributed by atoms with Crippen LogP contribution in [0.2, 0.25) is 0 Å². The molecule has 0 unspecified atom stereocenters. The van der Waals surface area contributed by atoms with Crippen LogP contribution in [0.1, 0.15) is 36.0 Å². The van der Waals surface area contributed by atoms with Crippen molar-refractivity contribution in [3.63, 3.8) is 0 Å². The molecule has 2 aliphatic rings. The van der Waals surface area contributed by atoms with E-state index in [1.54, 1.807) is 0 Å². The van der Waals surface area contributed by atoms with E-state index in [0.29, 0.717) is 0 Å². The van der Waals surface area contributed by atoms with E-state index < -0.39 is 5.25 Å². The van der Waals surface area contributed by atoms with Crippen molar-refractivity contribution < 1.29 is 9.59 Å². The minimum absolute atomic E-state index is 0.000567. The van der Waals surface area contributed by atoms with Crippen LogP contribution >= 0.6 is 11.8 Å². The summed E-state index contributed by atoms with van der Waals surface area (Å²) in [6.07, 6.45) is 2.15. The summed E-state index contributed by atoms with van der Waals surface area (Å²) in [7, 11) is 0. The molecule has 4 rings (SSSR count). The zero-order valence-corrected chi connectivity index (χ0v) is 17.8. The summed E-state index contributed by atoms with van der Waals surface area (Å²) < 4.78 is 0. The van der Waals surface area contributed by atoms with Crippen LogP contribution in [-0.2, 0) is 9.59 Å². The maximum atomic E-state index is 13.0. The van der Waals surface area contributed by atoms with Crippen LogP contribution < -0.4 is 5.32 Å². The van der Waals surface area contributed by atoms with Gasteiger partial charge in [0.05, 0.1) is 5.69 Å². The number of rotatable bonds is 5. The zero-order chi connectivity index (χ0) is 20.5. The maximum absolute atomic E-state index is 13.0. The molecule has 0 bridgehead atoms. The molecule has 5 nitrogen and oxygen atoms in total. The lowest BCUT2D eigenvalue weighted by molar-refractivity contribution is -0.128. The number of benzene rings is 2. The number of carbonyl (C=O) groups excluding carboxylic acids is 2. The number of hydrogen-bond acceptors (Lipinski definition) is 4. The van der Waals surface area contributed by atoms with Crippen LogP contribution in [0.4, 0.5) is 11.4 Å². The Labute approximate surface area is 175 Å². The van der Waals surface area contributed by atoms with Gasteiger partial charge in [-0.3, -0.25) is 14.5 Å². The number of nitrogens with zero attached hydrogens (tertiary/aromatic N) is 2. The van der Waals surface area contributed by atoms with Gasteiger partial charge in [0.2, 0.25) is 11.8 Å². The van der Waals surface area contributed by atoms with E-state index in [9.17, 15) is 9.59 Å². The van der Waals surface area contributed by atoms with E-state index in [1.165, 1.54) is 17.3 Å². The van der Waals surface area contributed by atoms with E-state index in [4.69, 9.17) is 4.99 Å². The lowest BCUT2D eigenvalue weighted by atomic mass is 10.1. The lowest BCUT2D eigenvalue weighted by Crippen LogP contribution is -2.35. The number of hydrogen-bond donors (Lipinski definition) is 1. The van der Waals surface area contributed by atoms with Crippen molar-refractivity contribution in [2.24, 2.45) is 4.99 Å². The summed E-state index contributed by atoms with van der Waals surface area (Å²) in [4.78, 5) is 32.2. The molecule has 150 valence electrons. The predicted molar refractivity (Wildman–Crippen MR) is 119 cm³/mol. The molecular formula is C23H25N3O2S. The number of thioether (sulfide) groups is 1. The Balaban J connectivity index is 1.51. The third-order valence-corrected chi connectivity index (χ3v) is 6.53. The van der Waals surface area contributed by atoms with Gasteiger partial charge in [-0.1, -0.05) is 41.6 Å². The molecular weight excluding hydrogens is 382 g/mol. The van der Waals surface area contributed by atoms with Gasteiger partial charge >= 0.3 is 0 Å². The summed E-state index contributed by atoms with van der Waals surface area (Å²) in [6, 6.07) is 13.9. The van der Waals surface area contributed by atoms with Gasteiger partial charge < -0.3 is 5.32 Å². The first-order valence-corrected chi connectivity index (χ1v) is 10.8. The molecule has 1 saturated heterocycles. The third-order valence-electron chi connectivity index (χ3n) is 5.38. The van der Waals surface area contributed by atoms with Gasteiger partial charge in [-0.05, 0) is 62.9 Å². The van der Waals surface area contributed by atoms with Crippen molar-refractivity contribution in [2.45, 2.75) is 51.3 Å². The average Bonchev–Trinajstić information content (AvgIpc) is 3.47. The van der Waals surface area contributed by atoms with Crippen LogP contribution in [0.3, 0.4) is 0 Å². The second-order valence-corrected chi connectivity index (χ2v) is 8.95. The molecule has 0 spiro atoms. The molecule has 1 saturated carbocycles. The molecule has 2 amide bonds. The largest absolute Gasteiger partial charge is 0.326 e. The number of aryl methyl sites for hydroxylation is 2. The Morgan fingerprint density at radius 2 is 1.86 bits per heavy atom. The Bertz CT molecular complexity index is 980. The highest BCUT2D eigenvalue weighted by atomic mass is 32.2. The standard InChI is InChI=1S/C23H25N3O2S/c1-14-7-9-17(10-8-14)24-21(27)13-20-22(28)26(18-11-12-18)23(29-20)25-19-6-4-5-15(2)16(19)3/h4-10,18,20H,11-13H2,1-3H3,(H,24,27)/t20-/m1/s1. The molecule has 1 heterocycles. The highest BCUT2D eigenvalue weighted by Crippen LogP contribution is 2.40. The molecule has 2 aromatic rings. The normalized spacial score (nSPS) is 20.4. The highest BCUT2D eigenvalue weighted by Gasteiger charge is 2.46. The Kier molecular flexibility index (Phi) is 5.46. The van der Waals surface area contributed by atoms with E-state index >= 15 is 0 Å². The monoisotopic (exact) mass is 407 g/mol. The quantitative estimate of drug-likeness (QED) is 0.779. The van der Waals surface area contributed by atoms with Gasteiger partial charge in [0.1, 0.15) is 5.25 Å². The van der Waals surface area contributed by atoms with Crippen molar-refractivity contribution in [3.05, 3.63) is 59.2 Å². The Morgan fingerprint density at radius 3 is 2.55 bits per heavy atom. The predicted octanol–water partition coefficient (Wildman–Crippen LogP) is 4.73. The molecule has 6 heteroatoms. The highest BCUT2D eigenvalue weighted by molar-refractivity contribution is 8.15. The fraction of sp³-hybridized carbons (Fsp3) is 0.348. The first-order valence-electron chi connectivity index (χ1n) is 9.93. The van der Waals surface area contributed by atoms with Gasteiger partial charge in [0, 0.05) is 18.2 Å². The molecule has 1 aliphatic carbocycles. The Morgan fingerprint density at radius 1 is 1.14 bits per heavy atom. The third kappa shape index (κ3) is 4.37. The zero-order valence-electron chi connectivity index (χ0n) is 16.9. The molecule has 1 atom stereocenters. The van der Waals surface area contributed by atoms with Gasteiger partial charge in [-0.2, -0.15) is 0 Å². The number of aliphatic imine (C=N–C) groups is 1.